The predicted octanol–water partition coefficient (Wildman–Crippen LogP) is 4.54. The van der Waals surface area contributed by atoms with Crippen LogP contribution in [-0.2, 0) is 10.0 Å². The van der Waals surface area contributed by atoms with Crippen LogP contribution in [0, 0.1) is 0 Å². The summed E-state index contributed by atoms with van der Waals surface area (Å²) in [6.45, 7) is 4.09. The summed E-state index contributed by atoms with van der Waals surface area (Å²) in [4.78, 5) is 0.106. The first-order chi connectivity index (χ1) is 10.8. The molecule has 0 aliphatic heterocycles. The summed E-state index contributed by atoms with van der Waals surface area (Å²) < 4.78 is 33.9. The standard InChI is InChI=1S/C16H17BrClNO3S/c1-3-22-16-9-8-14(10-15(16)18)23(20,21)19-11(2)12-4-6-13(17)7-5-12/h4-11,19H,3H2,1-2H3/t11-/m0/s1. The quantitative estimate of drug-likeness (QED) is 0.749. The van der Waals surface area contributed by atoms with E-state index in [4.69, 9.17) is 16.3 Å². The van der Waals surface area contributed by atoms with Crippen LogP contribution in [-0.4, -0.2) is 15.0 Å². The fourth-order valence-electron chi connectivity index (χ4n) is 2.04. The number of sulfonamides is 1. The zero-order valence-electron chi connectivity index (χ0n) is 12.7. The van der Waals surface area contributed by atoms with E-state index in [1.807, 2.05) is 31.2 Å². The molecule has 0 radical (unpaired) electrons. The van der Waals surface area contributed by atoms with Gasteiger partial charge < -0.3 is 4.74 Å². The Hall–Kier alpha value is -1.08. The summed E-state index contributed by atoms with van der Waals surface area (Å²) in [5.41, 5.74) is 0.869. The van der Waals surface area contributed by atoms with Crippen molar-refractivity contribution >= 4 is 37.6 Å². The van der Waals surface area contributed by atoms with Gasteiger partial charge in [0.05, 0.1) is 16.5 Å². The van der Waals surface area contributed by atoms with E-state index in [0.29, 0.717) is 12.4 Å². The lowest BCUT2D eigenvalue weighted by Gasteiger charge is -2.15. The molecule has 0 amide bonds. The fourth-order valence-corrected chi connectivity index (χ4v) is 3.86. The Kier molecular flexibility index (Phi) is 6.08. The van der Waals surface area contributed by atoms with Crippen LogP contribution in [0.3, 0.4) is 0 Å². The first-order valence-corrected chi connectivity index (χ1v) is 9.69. The molecule has 0 aliphatic carbocycles. The molecule has 23 heavy (non-hydrogen) atoms. The fraction of sp³-hybridized carbons (Fsp3) is 0.250. The summed E-state index contributed by atoms with van der Waals surface area (Å²) >= 11 is 9.42. The van der Waals surface area contributed by atoms with Crippen LogP contribution in [0.1, 0.15) is 25.5 Å². The third kappa shape index (κ3) is 4.70. The van der Waals surface area contributed by atoms with Crippen LogP contribution in [0.4, 0.5) is 0 Å². The molecular weight excluding hydrogens is 402 g/mol. The van der Waals surface area contributed by atoms with Crippen LogP contribution in [0.5, 0.6) is 5.75 Å². The average molecular weight is 419 g/mol. The highest BCUT2D eigenvalue weighted by Gasteiger charge is 2.19. The number of rotatable bonds is 6. The Morgan fingerprint density at radius 1 is 1.22 bits per heavy atom. The van der Waals surface area contributed by atoms with Gasteiger partial charge in [-0.05, 0) is 49.7 Å². The second kappa shape index (κ2) is 7.66. The minimum atomic E-state index is -3.67. The molecule has 2 aromatic carbocycles. The van der Waals surface area contributed by atoms with Gasteiger partial charge in [-0.2, -0.15) is 0 Å². The zero-order valence-corrected chi connectivity index (χ0v) is 15.9. The third-order valence-corrected chi connectivity index (χ3v) is 5.58. The lowest BCUT2D eigenvalue weighted by molar-refractivity contribution is 0.340. The highest BCUT2D eigenvalue weighted by Crippen LogP contribution is 2.28. The minimum absolute atomic E-state index is 0.106. The molecule has 1 atom stereocenters. The van der Waals surface area contributed by atoms with E-state index in [-0.39, 0.29) is 16.0 Å². The van der Waals surface area contributed by atoms with Gasteiger partial charge in [0.25, 0.3) is 0 Å². The largest absolute Gasteiger partial charge is 0.492 e. The van der Waals surface area contributed by atoms with Crippen LogP contribution in [0.25, 0.3) is 0 Å². The second-order valence-electron chi connectivity index (χ2n) is 4.92. The molecule has 0 heterocycles. The van der Waals surface area contributed by atoms with Crippen molar-refractivity contribution in [1.82, 2.24) is 4.72 Å². The van der Waals surface area contributed by atoms with Gasteiger partial charge in [0.1, 0.15) is 5.75 Å². The molecule has 0 aliphatic rings. The van der Waals surface area contributed by atoms with E-state index in [9.17, 15) is 8.42 Å². The monoisotopic (exact) mass is 417 g/mol. The van der Waals surface area contributed by atoms with Crippen LogP contribution in [0.15, 0.2) is 51.8 Å². The molecule has 0 bridgehead atoms. The molecule has 7 heteroatoms. The molecule has 4 nitrogen and oxygen atoms in total. The Bertz CT molecular complexity index is 778. The summed E-state index contributed by atoms with van der Waals surface area (Å²) in [5, 5.41) is 0.269. The van der Waals surface area contributed by atoms with Crippen molar-refractivity contribution in [3.05, 3.63) is 57.5 Å². The van der Waals surface area contributed by atoms with Crippen molar-refractivity contribution in [2.24, 2.45) is 0 Å². The summed E-state index contributed by atoms with van der Waals surface area (Å²) in [6.07, 6.45) is 0. The van der Waals surface area contributed by atoms with Gasteiger partial charge in [-0.25, -0.2) is 13.1 Å². The number of hydrogen-bond acceptors (Lipinski definition) is 3. The minimum Gasteiger partial charge on any atom is -0.492 e. The maximum Gasteiger partial charge on any atom is 0.241 e. The molecule has 0 saturated carbocycles. The van der Waals surface area contributed by atoms with E-state index < -0.39 is 10.0 Å². The molecule has 2 rings (SSSR count). The topological polar surface area (TPSA) is 55.4 Å². The second-order valence-corrected chi connectivity index (χ2v) is 7.96. The lowest BCUT2D eigenvalue weighted by Crippen LogP contribution is -2.26. The van der Waals surface area contributed by atoms with Gasteiger partial charge in [0.15, 0.2) is 0 Å². The maximum atomic E-state index is 12.5. The highest BCUT2D eigenvalue weighted by molar-refractivity contribution is 9.10. The summed E-state index contributed by atoms with van der Waals surface area (Å²) in [5.74, 6) is 0.467. The van der Waals surface area contributed by atoms with E-state index in [1.54, 1.807) is 13.0 Å². The van der Waals surface area contributed by atoms with Crippen molar-refractivity contribution in [1.29, 1.82) is 0 Å². The highest BCUT2D eigenvalue weighted by atomic mass is 79.9. The van der Waals surface area contributed by atoms with Crippen molar-refractivity contribution in [3.63, 3.8) is 0 Å². The van der Waals surface area contributed by atoms with E-state index >= 15 is 0 Å². The van der Waals surface area contributed by atoms with Crippen molar-refractivity contribution in [2.45, 2.75) is 24.8 Å². The van der Waals surface area contributed by atoms with Gasteiger partial charge in [-0.1, -0.05) is 39.7 Å². The van der Waals surface area contributed by atoms with E-state index in [0.717, 1.165) is 10.0 Å². The molecule has 124 valence electrons. The number of benzene rings is 2. The van der Waals surface area contributed by atoms with Gasteiger partial charge in [-0.15, -0.1) is 0 Å². The van der Waals surface area contributed by atoms with E-state index in [1.165, 1.54) is 12.1 Å². The van der Waals surface area contributed by atoms with Crippen molar-refractivity contribution in [3.8, 4) is 5.75 Å². The zero-order chi connectivity index (χ0) is 17.0. The Balaban J connectivity index is 2.21. The van der Waals surface area contributed by atoms with Gasteiger partial charge >= 0.3 is 0 Å². The molecule has 0 unspecified atom stereocenters. The smallest absolute Gasteiger partial charge is 0.241 e. The molecule has 1 N–H and O–H groups in total. The number of hydrogen-bond donors (Lipinski definition) is 1. The normalized spacial score (nSPS) is 12.9. The Morgan fingerprint density at radius 2 is 1.87 bits per heavy atom. The Morgan fingerprint density at radius 3 is 2.43 bits per heavy atom. The first-order valence-electron chi connectivity index (χ1n) is 7.03. The van der Waals surface area contributed by atoms with Gasteiger partial charge in [0, 0.05) is 10.5 Å². The summed E-state index contributed by atoms with van der Waals surface area (Å²) in [6, 6.07) is 11.5. The molecule has 0 spiro atoms. The van der Waals surface area contributed by atoms with Crippen LogP contribution < -0.4 is 9.46 Å². The van der Waals surface area contributed by atoms with Gasteiger partial charge in [0.2, 0.25) is 10.0 Å². The SMILES string of the molecule is CCOc1ccc(S(=O)(=O)N[C@@H](C)c2ccc(Br)cc2)cc1Cl. The Labute approximate surface area is 150 Å². The molecule has 2 aromatic rings. The molecule has 0 fully saturated rings. The number of ether oxygens (including phenoxy) is 1. The van der Waals surface area contributed by atoms with Gasteiger partial charge in [-0.3, -0.25) is 0 Å². The van der Waals surface area contributed by atoms with Crippen LogP contribution >= 0.6 is 27.5 Å². The number of nitrogens with one attached hydrogen (secondary N) is 1. The third-order valence-electron chi connectivity index (χ3n) is 3.22. The van der Waals surface area contributed by atoms with Crippen molar-refractivity contribution < 1.29 is 13.2 Å². The molecular formula is C16H17BrClNO3S. The predicted molar refractivity (Wildman–Crippen MR) is 95.5 cm³/mol. The van der Waals surface area contributed by atoms with E-state index in [2.05, 4.69) is 20.7 Å². The molecule has 0 saturated heterocycles. The van der Waals surface area contributed by atoms with Crippen LogP contribution in [0.2, 0.25) is 5.02 Å². The average Bonchev–Trinajstić information content (AvgIpc) is 2.49. The first kappa shape index (κ1) is 18.3. The summed E-state index contributed by atoms with van der Waals surface area (Å²) in [7, 11) is -3.67. The maximum absolute atomic E-state index is 12.5. The molecule has 0 aromatic heterocycles. The number of halogens is 2. The van der Waals surface area contributed by atoms with Crippen molar-refractivity contribution in [2.75, 3.05) is 6.61 Å². The lowest BCUT2D eigenvalue weighted by atomic mass is 10.1.